The van der Waals surface area contributed by atoms with Crippen LogP contribution in [0.1, 0.15) is 348 Å². The molecule has 0 N–H and O–H groups in total. The molecule has 0 radical (unpaired) electrons. The Hall–Kier alpha value is -2.89. The number of carbonyl (C=O) groups excluding carboxylic acids is 3. The summed E-state index contributed by atoms with van der Waals surface area (Å²) in [6.07, 6.45) is 82.3. The fourth-order valence-electron chi connectivity index (χ4n) is 9.68. The first-order valence-electron chi connectivity index (χ1n) is 33.3. The van der Waals surface area contributed by atoms with Crippen molar-refractivity contribution in [3.63, 3.8) is 0 Å². The van der Waals surface area contributed by atoms with Crippen molar-refractivity contribution >= 4 is 17.9 Å². The number of allylic oxidation sites excluding steroid dienone is 10. The lowest BCUT2D eigenvalue weighted by Crippen LogP contribution is -2.30. The maximum absolute atomic E-state index is 12.9. The molecule has 0 fully saturated rings. The maximum atomic E-state index is 12.9. The van der Waals surface area contributed by atoms with Gasteiger partial charge in [0.1, 0.15) is 13.2 Å². The number of esters is 3. The van der Waals surface area contributed by atoms with Crippen molar-refractivity contribution in [2.75, 3.05) is 13.2 Å². The number of unbranched alkanes of at least 4 members (excludes halogenated alkanes) is 40. The maximum Gasteiger partial charge on any atom is 0.306 e. The number of carbonyl (C=O) groups is 3. The quantitative estimate of drug-likeness (QED) is 0.0261. The minimum Gasteiger partial charge on any atom is -0.462 e. The number of hydrogen-bond donors (Lipinski definition) is 0. The lowest BCUT2D eigenvalue weighted by Gasteiger charge is -2.18. The van der Waals surface area contributed by atoms with E-state index in [2.05, 4.69) is 81.5 Å². The zero-order valence-electron chi connectivity index (χ0n) is 50.8. The van der Waals surface area contributed by atoms with Crippen LogP contribution >= 0.6 is 0 Å². The highest BCUT2D eigenvalue weighted by Gasteiger charge is 2.19. The van der Waals surface area contributed by atoms with Crippen molar-refractivity contribution in [3.8, 4) is 0 Å². The molecule has 0 aromatic rings. The smallest absolute Gasteiger partial charge is 0.306 e. The van der Waals surface area contributed by atoms with Crippen LogP contribution in [-0.2, 0) is 28.6 Å². The summed E-state index contributed by atoms with van der Waals surface area (Å²) in [5.74, 6) is -0.877. The Morgan fingerprint density at radius 2 is 0.474 bits per heavy atom. The molecule has 6 nitrogen and oxygen atoms in total. The molecule has 6 heteroatoms. The first-order valence-corrected chi connectivity index (χ1v) is 33.3. The Morgan fingerprint density at radius 3 is 0.750 bits per heavy atom. The molecule has 1 atom stereocenters. The Labute approximate surface area is 472 Å². The molecule has 0 saturated heterocycles. The molecule has 0 aliphatic carbocycles. The van der Waals surface area contributed by atoms with Crippen LogP contribution in [0.5, 0.6) is 0 Å². The normalized spacial score (nSPS) is 12.4. The molecule has 0 heterocycles. The van der Waals surface area contributed by atoms with Gasteiger partial charge in [-0.25, -0.2) is 0 Å². The number of ether oxygens (including phenoxy) is 3. The van der Waals surface area contributed by atoms with Crippen molar-refractivity contribution < 1.29 is 28.6 Å². The van der Waals surface area contributed by atoms with Crippen molar-refractivity contribution in [3.05, 3.63) is 60.8 Å². The second-order valence-electron chi connectivity index (χ2n) is 22.4. The fraction of sp³-hybridized carbons (Fsp3) is 0.814. The van der Waals surface area contributed by atoms with E-state index < -0.39 is 6.10 Å². The lowest BCUT2D eigenvalue weighted by molar-refractivity contribution is -0.167. The molecular weight excluding hydrogens is 937 g/mol. The van der Waals surface area contributed by atoms with Crippen LogP contribution in [0, 0.1) is 0 Å². The van der Waals surface area contributed by atoms with Crippen LogP contribution in [0.15, 0.2) is 60.8 Å². The molecule has 0 aliphatic rings. The van der Waals surface area contributed by atoms with E-state index in [4.69, 9.17) is 14.2 Å². The second kappa shape index (κ2) is 64.6. The van der Waals surface area contributed by atoms with Crippen LogP contribution in [0.25, 0.3) is 0 Å². The Balaban J connectivity index is 4.25. The summed E-state index contributed by atoms with van der Waals surface area (Å²) in [5, 5.41) is 0. The third-order valence-electron chi connectivity index (χ3n) is 14.7. The predicted molar refractivity (Wildman–Crippen MR) is 330 cm³/mol. The van der Waals surface area contributed by atoms with Gasteiger partial charge in [0.2, 0.25) is 0 Å². The highest BCUT2D eigenvalue weighted by molar-refractivity contribution is 5.71. The van der Waals surface area contributed by atoms with E-state index >= 15 is 0 Å². The Kier molecular flexibility index (Phi) is 62.2. The average molecular weight is 1060 g/mol. The third kappa shape index (κ3) is 62.0. The summed E-state index contributed by atoms with van der Waals surface area (Å²) in [7, 11) is 0. The fourth-order valence-corrected chi connectivity index (χ4v) is 9.68. The molecule has 0 saturated carbocycles. The molecule has 442 valence electrons. The SMILES string of the molecule is CCCCCC/C=C\C/C=C\CCCCCCCCCC(=O)OC(COC(=O)CCCCCCC/C=C\CCCCCC)COC(=O)CCCCCCCCCCCCCCCCC/C=C\C/C=C\CCCCCCC. The lowest BCUT2D eigenvalue weighted by atomic mass is 10.0. The number of hydrogen-bond acceptors (Lipinski definition) is 6. The van der Waals surface area contributed by atoms with Crippen LogP contribution in [0.2, 0.25) is 0 Å². The van der Waals surface area contributed by atoms with Crippen LogP contribution in [0.3, 0.4) is 0 Å². The molecule has 76 heavy (non-hydrogen) atoms. The van der Waals surface area contributed by atoms with Gasteiger partial charge < -0.3 is 14.2 Å². The Bertz CT molecular complexity index is 1360. The summed E-state index contributed by atoms with van der Waals surface area (Å²) in [6.45, 7) is 6.63. The topological polar surface area (TPSA) is 78.9 Å². The van der Waals surface area contributed by atoms with E-state index in [1.54, 1.807) is 0 Å². The number of rotatable bonds is 61. The molecule has 0 aliphatic heterocycles. The van der Waals surface area contributed by atoms with E-state index in [-0.39, 0.29) is 31.1 Å². The van der Waals surface area contributed by atoms with Gasteiger partial charge in [-0.05, 0) is 109 Å². The van der Waals surface area contributed by atoms with Gasteiger partial charge in [-0.1, -0.05) is 281 Å². The zero-order valence-corrected chi connectivity index (χ0v) is 50.8. The van der Waals surface area contributed by atoms with Gasteiger partial charge in [0.05, 0.1) is 0 Å². The standard InChI is InChI=1S/C70H126O6/c1-4-7-10-13-16-19-22-25-27-29-31-32-33-34-35-36-37-38-39-41-42-45-48-51-54-57-60-63-69(72)75-66-67(65-74-68(71)62-59-56-53-50-47-44-24-21-18-15-12-9-6-3)76-70(73)64-61-58-55-52-49-46-43-40-30-28-26-23-20-17-14-11-8-5-2/h20-25,28-31,67H,4-19,26-27,32-66H2,1-3H3/b23-20-,24-21-,25-22-,30-28-,31-29-. The van der Waals surface area contributed by atoms with Crippen LogP contribution < -0.4 is 0 Å². The minimum atomic E-state index is -0.782. The van der Waals surface area contributed by atoms with E-state index in [9.17, 15) is 14.4 Å². The molecule has 0 spiro atoms. The van der Waals surface area contributed by atoms with E-state index in [1.807, 2.05) is 0 Å². The summed E-state index contributed by atoms with van der Waals surface area (Å²) in [4.78, 5) is 38.3. The summed E-state index contributed by atoms with van der Waals surface area (Å²) < 4.78 is 16.9. The molecule has 0 rings (SSSR count). The van der Waals surface area contributed by atoms with Crippen molar-refractivity contribution in [1.29, 1.82) is 0 Å². The van der Waals surface area contributed by atoms with Gasteiger partial charge in [-0.15, -0.1) is 0 Å². The molecule has 0 aromatic heterocycles. The van der Waals surface area contributed by atoms with Gasteiger partial charge in [-0.3, -0.25) is 14.4 Å². The van der Waals surface area contributed by atoms with Gasteiger partial charge in [0.15, 0.2) is 6.10 Å². The third-order valence-corrected chi connectivity index (χ3v) is 14.7. The first-order chi connectivity index (χ1) is 37.5. The van der Waals surface area contributed by atoms with E-state index in [0.29, 0.717) is 19.3 Å². The minimum absolute atomic E-state index is 0.0777. The van der Waals surface area contributed by atoms with E-state index in [0.717, 1.165) is 83.5 Å². The highest BCUT2D eigenvalue weighted by Crippen LogP contribution is 2.17. The molecule has 1 unspecified atom stereocenters. The van der Waals surface area contributed by atoms with E-state index in [1.165, 1.54) is 225 Å². The summed E-state index contributed by atoms with van der Waals surface area (Å²) in [5.41, 5.74) is 0. The molecule has 0 aromatic carbocycles. The van der Waals surface area contributed by atoms with Crippen molar-refractivity contribution in [1.82, 2.24) is 0 Å². The molecule has 0 bridgehead atoms. The summed E-state index contributed by atoms with van der Waals surface area (Å²) >= 11 is 0. The van der Waals surface area contributed by atoms with Gasteiger partial charge in [0.25, 0.3) is 0 Å². The highest BCUT2D eigenvalue weighted by atomic mass is 16.6. The largest absolute Gasteiger partial charge is 0.462 e. The molecule has 0 amide bonds. The average Bonchev–Trinajstić information content (AvgIpc) is 3.42. The van der Waals surface area contributed by atoms with Crippen molar-refractivity contribution in [2.24, 2.45) is 0 Å². The van der Waals surface area contributed by atoms with Crippen molar-refractivity contribution in [2.45, 2.75) is 354 Å². The van der Waals surface area contributed by atoms with Gasteiger partial charge in [-0.2, -0.15) is 0 Å². The summed E-state index contributed by atoms with van der Waals surface area (Å²) in [6, 6.07) is 0. The second-order valence-corrected chi connectivity index (χ2v) is 22.4. The van der Waals surface area contributed by atoms with Crippen LogP contribution in [0.4, 0.5) is 0 Å². The molecular formula is C70H126O6. The zero-order chi connectivity index (χ0) is 55.0. The van der Waals surface area contributed by atoms with Gasteiger partial charge in [0, 0.05) is 19.3 Å². The first kappa shape index (κ1) is 73.1. The van der Waals surface area contributed by atoms with Gasteiger partial charge >= 0.3 is 17.9 Å². The monoisotopic (exact) mass is 1060 g/mol. The predicted octanol–water partition coefficient (Wildman–Crippen LogP) is 22.7. The van der Waals surface area contributed by atoms with Crippen LogP contribution in [-0.4, -0.2) is 37.2 Å². The Morgan fingerprint density at radius 1 is 0.263 bits per heavy atom.